The molecule has 2 rings (SSSR count). The van der Waals surface area contributed by atoms with E-state index in [1.807, 2.05) is 12.2 Å². The minimum Gasteiger partial charge on any atom is -0.303 e. The molecule has 3 heteroatoms. The van der Waals surface area contributed by atoms with E-state index in [1.54, 1.807) is 0 Å². The van der Waals surface area contributed by atoms with Gasteiger partial charge in [0, 0.05) is 30.6 Å². The fourth-order valence-electron chi connectivity index (χ4n) is 4.01. The summed E-state index contributed by atoms with van der Waals surface area (Å²) in [6, 6.07) is 0. The monoisotopic (exact) mass is 290 g/mol. The molecule has 116 valence electrons. The lowest BCUT2D eigenvalue weighted by Crippen LogP contribution is -2.33. The number of aldehydes is 1. The van der Waals surface area contributed by atoms with Crippen LogP contribution in [-0.4, -0.2) is 17.9 Å². The van der Waals surface area contributed by atoms with Crippen LogP contribution in [0.25, 0.3) is 0 Å². The fourth-order valence-corrected chi connectivity index (χ4v) is 4.01. The summed E-state index contributed by atoms with van der Waals surface area (Å²) >= 11 is 0. The van der Waals surface area contributed by atoms with Crippen molar-refractivity contribution in [1.82, 2.24) is 0 Å². The Labute approximate surface area is 127 Å². The third kappa shape index (κ3) is 3.02. The van der Waals surface area contributed by atoms with Gasteiger partial charge in [0.25, 0.3) is 0 Å². The van der Waals surface area contributed by atoms with Gasteiger partial charge in [-0.2, -0.15) is 0 Å². The highest BCUT2D eigenvalue weighted by atomic mass is 16.1. The highest BCUT2D eigenvalue weighted by Crippen LogP contribution is 2.52. The van der Waals surface area contributed by atoms with Crippen LogP contribution < -0.4 is 0 Å². The highest BCUT2D eigenvalue weighted by molar-refractivity contribution is 5.92. The molecule has 0 amide bonds. The van der Waals surface area contributed by atoms with Crippen molar-refractivity contribution in [3.8, 4) is 0 Å². The van der Waals surface area contributed by atoms with Crippen molar-refractivity contribution in [3.05, 3.63) is 12.2 Å². The number of ketones is 2. The van der Waals surface area contributed by atoms with Gasteiger partial charge in [-0.15, -0.1) is 0 Å². The Bertz CT molecular complexity index is 402. The summed E-state index contributed by atoms with van der Waals surface area (Å²) in [5, 5.41) is 0. The van der Waals surface area contributed by atoms with Crippen LogP contribution in [0.4, 0.5) is 0 Å². The molecule has 0 radical (unpaired) electrons. The second-order valence-corrected chi connectivity index (χ2v) is 6.44. The second-order valence-electron chi connectivity index (χ2n) is 6.44. The molecule has 0 aromatic carbocycles. The van der Waals surface area contributed by atoms with Gasteiger partial charge in [0.15, 0.2) is 0 Å². The van der Waals surface area contributed by atoms with Gasteiger partial charge in [0.2, 0.25) is 0 Å². The summed E-state index contributed by atoms with van der Waals surface area (Å²) < 4.78 is 0. The molecule has 5 atom stereocenters. The summed E-state index contributed by atoms with van der Waals surface area (Å²) in [5.41, 5.74) is 0. The van der Waals surface area contributed by atoms with E-state index in [0.29, 0.717) is 12.8 Å². The molecule has 0 saturated heterocycles. The SMILES string of the molecule is CCCCC(=O)[C@@H]1[C@H](C(=O)CCCC)[C@H]2C=C[C@@H]1C2C=O. The second kappa shape index (κ2) is 7.15. The van der Waals surface area contributed by atoms with E-state index in [9.17, 15) is 14.4 Å². The molecule has 0 heterocycles. The van der Waals surface area contributed by atoms with E-state index in [2.05, 4.69) is 13.8 Å². The smallest absolute Gasteiger partial charge is 0.137 e. The predicted molar refractivity (Wildman–Crippen MR) is 81.7 cm³/mol. The number of hydrogen-bond donors (Lipinski definition) is 0. The zero-order valence-corrected chi connectivity index (χ0v) is 13.1. The van der Waals surface area contributed by atoms with Crippen LogP contribution in [0, 0.1) is 29.6 Å². The van der Waals surface area contributed by atoms with E-state index in [4.69, 9.17) is 0 Å². The molecule has 2 aliphatic carbocycles. The van der Waals surface area contributed by atoms with Crippen LogP contribution in [-0.2, 0) is 14.4 Å². The standard InChI is InChI=1S/C18H26O3/c1-3-5-7-15(20)17-12-9-10-13(14(12)11-19)18(17)16(21)8-6-4-2/h9-14,17-18H,3-8H2,1-2H3/t12-,13+,14?,17-,18+. The average molecular weight is 290 g/mol. The Hall–Kier alpha value is -1.25. The highest BCUT2D eigenvalue weighted by Gasteiger charge is 2.55. The first kappa shape index (κ1) is 16.1. The molecule has 0 N–H and O–H groups in total. The van der Waals surface area contributed by atoms with Crippen LogP contribution in [0.15, 0.2) is 12.2 Å². The third-order valence-electron chi connectivity index (χ3n) is 5.11. The van der Waals surface area contributed by atoms with Crippen molar-refractivity contribution in [2.75, 3.05) is 0 Å². The maximum Gasteiger partial charge on any atom is 0.137 e. The van der Waals surface area contributed by atoms with Gasteiger partial charge in [0.1, 0.15) is 17.9 Å². The number of hydrogen-bond acceptors (Lipinski definition) is 3. The van der Waals surface area contributed by atoms with E-state index >= 15 is 0 Å². The molecular formula is C18H26O3. The molecule has 0 aromatic heterocycles. The quantitative estimate of drug-likeness (QED) is 0.483. The van der Waals surface area contributed by atoms with Crippen molar-refractivity contribution in [2.24, 2.45) is 29.6 Å². The normalized spacial score (nSPS) is 33.3. The number of unbranched alkanes of at least 4 members (excludes halogenated alkanes) is 2. The van der Waals surface area contributed by atoms with Crippen molar-refractivity contribution in [2.45, 2.75) is 52.4 Å². The summed E-state index contributed by atoms with van der Waals surface area (Å²) in [6.45, 7) is 4.12. The maximum atomic E-state index is 12.5. The van der Waals surface area contributed by atoms with Crippen LogP contribution in [0.3, 0.4) is 0 Å². The molecule has 3 nitrogen and oxygen atoms in total. The van der Waals surface area contributed by atoms with E-state index < -0.39 is 0 Å². The molecule has 1 fully saturated rings. The van der Waals surface area contributed by atoms with Gasteiger partial charge in [-0.3, -0.25) is 9.59 Å². The number of Topliss-reactive ketones (excluding diaryl/α,β-unsaturated/α-hetero) is 2. The van der Waals surface area contributed by atoms with E-state index in [0.717, 1.165) is 32.0 Å². The lowest BCUT2D eigenvalue weighted by atomic mass is 9.76. The third-order valence-corrected chi connectivity index (χ3v) is 5.11. The topological polar surface area (TPSA) is 51.2 Å². The first-order valence-electron chi connectivity index (χ1n) is 8.34. The zero-order chi connectivity index (χ0) is 15.4. The van der Waals surface area contributed by atoms with Gasteiger partial charge in [-0.05, 0) is 24.7 Å². The average Bonchev–Trinajstić information content (AvgIpc) is 3.04. The Kier molecular flexibility index (Phi) is 5.49. The Morgan fingerprint density at radius 2 is 1.33 bits per heavy atom. The Balaban J connectivity index is 2.18. The maximum absolute atomic E-state index is 12.5. The van der Waals surface area contributed by atoms with Crippen molar-refractivity contribution in [3.63, 3.8) is 0 Å². The summed E-state index contributed by atoms with van der Waals surface area (Å²) in [6.07, 6.45) is 9.76. The number of carbonyl (C=O) groups excluding carboxylic acids is 3. The predicted octanol–water partition coefficient (Wildman–Crippen LogP) is 3.37. The zero-order valence-electron chi connectivity index (χ0n) is 13.1. The number of rotatable bonds is 9. The Morgan fingerprint density at radius 3 is 1.67 bits per heavy atom. The number of carbonyl (C=O) groups is 3. The van der Waals surface area contributed by atoms with Crippen molar-refractivity contribution in [1.29, 1.82) is 0 Å². The summed E-state index contributed by atoms with van der Waals surface area (Å²) in [7, 11) is 0. The van der Waals surface area contributed by atoms with Crippen molar-refractivity contribution < 1.29 is 14.4 Å². The largest absolute Gasteiger partial charge is 0.303 e. The lowest BCUT2D eigenvalue weighted by Gasteiger charge is -2.25. The van der Waals surface area contributed by atoms with Crippen LogP contribution in [0.2, 0.25) is 0 Å². The molecule has 0 aromatic rings. The van der Waals surface area contributed by atoms with Gasteiger partial charge in [-0.1, -0.05) is 38.8 Å². The molecule has 1 saturated carbocycles. The van der Waals surface area contributed by atoms with Gasteiger partial charge < -0.3 is 4.79 Å². The summed E-state index contributed by atoms with van der Waals surface area (Å²) in [4.78, 5) is 36.5. The number of allylic oxidation sites excluding steroid dienone is 2. The molecule has 21 heavy (non-hydrogen) atoms. The lowest BCUT2D eigenvalue weighted by molar-refractivity contribution is -0.133. The van der Waals surface area contributed by atoms with Gasteiger partial charge in [0.05, 0.1) is 0 Å². The molecule has 2 aliphatic rings. The van der Waals surface area contributed by atoms with E-state index in [1.165, 1.54) is 0 Å². The number of fused-ring (bicyclic) bond motifs is 2. The van der Waals surface area contributed by atoms with Crippen LogP contribution >= 0.6 is 0 Å². The first-order chi connectivity index (χ1) is 10.2. The van der Waals surface area contributed by atoms with Crippen LogP contribution in [0.5, 0.6) is 0 Å². The van der Waals surface area contributed by atoms with Gasteiger partial charge >= 0.3 is 0 Å². The molecule has 0 spiro atoms. The Morgan fingerprint density at radius 1 is 0.905 bits per heavy atom. The minimum atomic E-state index is -0.244. The molecular weight excluding hydrogens is 264 g/mol. The molecule has 0 aliphatic heterocycles. The molecule has 1 unspecified atom stereocenters. The van der Waals surface area contributed by atoms with Crippen LogP contribution in [0.1, 0.15) is 52.4 Å². The van der Waals surface area contributed by atoms with Crippen molar-refractivity contribution >= 4 is 17.9 Å². The van der Waals surface area contributed by atoms with E-state index in [-0.39, 0.29) is 41.2 Å². The minimum absolute atomic E-state index is 0.0348. The van der Waals surface area contributed by atoms with Gasteiger partial charge in [-0.25, -0.2) is 0 Å². The first-order valence-corrected chi connectivity index (χ1v) is 8.34. The molecule has 2 bridgehead atoms. The fraction of sp³-hybridized carbons (Fsp3) is 0.722. The summed E-state index contributed by atoms with van der Waals surface area (Å²) in [5.74, 6) is -0.334.